The summed E-state index contributed by atoms with van der Waals surface area (Å²) >= 11 is 1.44. The monoisotopic (exact) mass is 325 g/mol. The lowest BCUT2D eigenvalue weighted by molar-refractivity contribution is 0.102. The number of ether oxygens (including phenoxy) is 1. The van der Waals surface area contributed by atoms with Gasteiger partial charge in [-0.15, -0.1) is 11.3 Å². The minimum atomic E-state index is 0.0658. The average Bonchev–Trinajstić information content (AvgIpc) is 3.06. The van der Waals surface area contributed by atoms with E-state index in [9.17, 15) is 4.79 Å². The van der Waals surface area contributed by atoms with Gasteiger partial charge in [-0.05, 0) is 37.3 Å². The summed E-state index contributed by atoms with van der Waals surface area (Å²) in [6.45, 7) is 1.56. The van der Waals surface area contributed by atoms with Gasteiger partial charge in [-0.3, -0.25) is 4.79 Å². The first-order chi connectivity index (χ1) is 11.2. The van der Waals surface area contributed by atoms with E-state index in [-0.39, 0.29) is 5.78 Å². The molecule has 5 nitrogen and oxygen atoms in total. The largest absolute Gasteiger partial charge is 0.497 e. The topological polar surface area (TPSA) is 64.1 Å². The summed E-state index contributed by atoms with van der Waals surface area (Å²) in [7, 11) is 1.61. The molecule has 0 atom stereocenters. The van der Waals surface area contributed by atoms with Gasteiger partial charge < -0.3 is 10.1 Å². The summed E-state index contributed by atoms with van der Waals surface area (Å²) in [5.74, 6) is 2.13. The normalized spacial score (nSPS) is 10.3. The molecule has 0 bridgehead atoms. The molecule has 0 aliphatic heterocycles. The Hall–Kier alpha value is -2.73. The van der Waals surface area contributed by atoms with Crippen molar-refractivity contribution in [2.24, 2.45) is 0 Å². The maximum atomic E-state index is 11.4. The molecule has 116 valence electrons. The first-order valence-corrected chi connectivity index (χ1v) is 7.82. The van der Waals surface area contributed by atoms with Crippen LogP contribution in [0.15, 0.2) is 48.7 Å². The second-order valence-corrected chi connectivity index (χ2v) is 5.92. The number of methoxy groups -OCH3 is 1. The van der Waals surface area contributed by atoms with Crippen LogP contribution in [0.4, 0.5) is 11.6 Å². The maximum absolute atomic E-state index is 11.4. The van der Waals surface area contributed by atoms with Gasteiger partial charge in [0.15, 0.2) is 5.78 Å². The molecule has 3 aromatic rings. The molecule has 0 amide bonds. The summed E-state index contributed by atoms with van der Waals surface area (Å²) in [5, 5.41) is 3.15. The number of hydrogen-bond donors (Lipinski definition) is 1. The number of aromatic nitrogens is 2. The molecule has 0 aliphatic carbocycles. The highest BCUT2D eigenvalue weighted by Gasteiger charge is 2.08. The quantitative estimate of drug-likeness (QED) is 0.714. The van der Waals surface area contributed by atoms with Gasteiger partial charge in [-0.1, -0.05) is 6.07 Å². The van der Waals surface area contributed by atoms with Crippen molar-refractivity contribution in [3.8, 4) is 16.3 Å². The van der Waals surface area contributed by atoms with Crippen LogP contribution in [0.2, 0.25) is 0 Å². The fourth-order valence-electron chi connectivity index (χ4n) is 2.04. The molecule has 0 fully saturated rings. The van der Waals surface area contributed by atoms with E-state index in [1.54, 1.807) is 32.4 Å². The van der Waals surface area contributed by atoms with Crippen LogP contribution in [-0.2, 0) is 0 Å². The Morgan fingerprint density at radius 1 is 1.17 bits per heavy atom. The first-order valence-electron chi connectivity index (χ1n) is 7.01. The molecule has 6 heteroatoms. The molecule has 3 heterocycles. The Labute approximate surface area is 138 Å². The van der Waals surface area contributed by atoms with E-state index in [2.05, 4.69) is 15.3 Å². The Kier molecular flexibility index (Phi) is 4.34. The summed E-state index contributed by atoms with van der Waals surface area (Å²) in [6.07, 6.45) is 1.67. The molecule has 0 unspecified atom stereocenters. The number of pyridine rings is 2. The van der Waals surface area contributed by atoms with Gasteiger partial charge >= 0.3 is 0 Å². The second kappa shape index (κ2) is 6.58. The lowest BCUT2D eigenvalue weighted by Crippen LogP contribution is -1.97. The summed E-state index contributed by atoms with van der Waals surface area (Å²) in [4.78, 5) is 21.9. The Balaban J connectivity index is 1.85. The molecule has 0 aliphatic rings. The third kappa shape index (κ3) is 3.54. The van der Waals surface area contributed by atoms with Gasteiger partial charge in [0.1, 0.15) is 17.4 Å². The Morgan fingerprint density at radius 2 is 2.04 bits per heavy atom. The van der Waals surface area contributed by atoms with Crippen LogP contribution in [-0.4, -0.2) is 22.9 Å². The van der Waals surface area contributed by atoms with Gasteiger partial charge in [-0.2, -0.15) is 0 Å². The van der Waals surface area contributed by atoms with Gasteiger partial charge in [0.05, 0.1) is 22.6 Å². The molecular formula is C17H15N3O2S. The highest BCUT2D eigenvalue weighted by Crippen LogP contribution is 2.28. The lowest BCUT2D eigenvalue weighted by Gasteiger charge is -2.07. The number of ketones is 1. The molecule has 3 rings (SSSR count). The predicted octanol–water partition coefficient (Wildman–Crippen LogP) is 4.16. The minimum Gasteiger partial charge on any atom is -0.497 e. The van der Waals surface area contributed by atoms with E-state index in [1.807, 2.05) is 30.3 Å². The third-order valence-electron chi connectivity index (χ3n) is 3.18. The van der Waals surface area contributed by atoms with E-state index < -0.39 is 0 Å². The van der Waals surface area contributed by atoms with Crippen LogP contribution in [0.5, 0.6) is 5.75 Å². The average molecular weight is 325 g/mol. The molecule has 0 aromatic carbocycles. The number of thiophene rings is 1. The van der Waals surface area contributed by atoms with Crippen molar-refractivity contribution in [2.45, 2.75) is 6.92 Å². The fraction of sp³-hybridized carbons (Fsp3) is 0.118. The molecule has 0 spiro atoms. The summed E-state index contributed by atoms with van der Waals surface area (Å²) < 4.78 is 5.18. The zero-order valence-electron chi connectivity index (χ0n) is 12.7. The van der Waals surface area contributed by atoms with Gasteiger partial charge in [0.25, 0.3) is 0 Å². The van der Waals surface area contributed by atoms with Crippen LogP contribution >= 0.6 is 11.3 Å². The SMILES string of the molecule is COc1ccnc(Nc2cccc(-c3ccc(C(C)=O)s3)n2)c1. The molecule has 0 radical (unpaired) electrons. The van der Waals surface area contributed by atoms with Crippen LogP contribution in [0.3, 0.4) is 0 Å². The molecule has 23 heavy (non-hydrogen) atoms. The highest BCUT2D eigenvalue weighted by atomic mass is 32.1. The van der Waals surface area contributed by atoms with E-state index >= 15 is 0 Å². The molecule has 3 aromatic heterocycles. The Bertz CT molecular complexity index is 845. The number of nitrogens with zero attached hydrogens (tertiary/aromatic N) is 2. The zero-order valence-corrected chi connectivity index (χ0v) is 13.6. The Morgan fingerprint density at radius 3 is 2.78 bits per heavy atom. The number of rotatable bonds is 5. The van der Waals surface area contributed by atoms with Crippen LogP contribution < -0.4 is 10.1 Å². The predicted molar refractivity (Wildman–Crippen MR) is 91.6 cm³/mol. The van der Waals surface area contributed by atoms with Crippen molar-refractivity contribution in [3.63, 3.8) is 0 Å². The van der Waals surface area contributed by atoms with E-state index in [0.717, 1.165) is 21.2 Å². The molecule has 1 N–H and O–H groups in total. The van der Waals surface area contributed by atoms with E-state index in [1.165, 1.54) is 11.3 Å². The van der Waals surface area contributed by atoms with Crippen molar-refractivity contribution in [3.05, 3.63) is 53.5 Å². The van der Waals surface area contributed by atoms with Gasteiger partial charge in [-0.25, -0.2) is 9.97 Å². The van der Waals surface area contributed by atoms with Crippen molar-refractivity contribution >= 4 is 28.8 Å². The van der Waals surface area contributed by atoms with Crippen molar-refractivity contribution < 1.29 is 9.53 Å². The van der Waals surface area contributed by atoms with Crippen LogP contribution in [0, 0.1) is 0 Å². The molecule has 0 saturated carbocycles. The number of carbonyl (C=O) groups is 1. The minimum absolute atomic E-state index is 0.0658. The molecule has 0 saturated heterocycles. The van der Waals surface area contributed by atoms with Crippen LogP contribution in [0.1, 0.15) is 16.6 Å². The molecular weight excluding hydrogens is 310 g/mol. The second-order valence-electron chi connectivity index (χ2n) is 4.83. The number of hydrogen-bond acceptors (Lipinski definition) is 6. The van der Waals surface area contributed by atoms with Crippen molar-refractivity contribution in [1.29, 1.82) is 0 Å². The maximum Gasteiger partial charge on any atom is 0.169 e. The lowest BCUT2D eigenvalue weighted by atomic mass is 10.3. The van der Waals surface area contributed by atoms with Gasteiger partial charge in [0.2, 0.25) is 0 Å². The third-order valence-corrected chi connectivity index (χ3v) is 4.39. The number of nitrogens with one attached hydrogen (secondary N) is 1. The van der Waals surface area contributed by atoms with Crippen LogP contribution in [0.25, 0.3) is 10.6 Å². The van der Waals surface area contributed by atoms with E-state index in [0.29, 0.717) is 11.6 Å². The smallest absolute Gasteiger partial charge is 0.169 e. The van der Waals surface area contributed by atoms with Crippen molar-refractivity contribution in [2.75, 3.05) is 12.4 Å². The van der Waals surface area contributed by atoms with Crippen molar-refractivity contribution in [1.82, 2.24) is 9.97 Å². The number of anilines is 2. The fourth-order valence-corrected chi connectivity index (χ4v) is 2.92. The van der Waals surface area contributed by atoms with Gasteiger partial charge in [0, 0.05) is 12.3 Å². The first kappa shape index (κ1) is 15.2. The standard InChI is InChI=1S/C17H15N3O2S/c1-11(21)14-6-7-15(23-14)13-4-3-5-16(19-13)20-17-10-12(22-2)8-9-18-17/h3-10H,1-2H3,(H,18,19,20). The number of carbonyl (C=O) groups excluding carboxylic acids is 1. The van der Waals surface area contributed by atoms with E-state index in [4.69, 9.17) is 4.74 Å². The zero-order chi connectivity index (χ0) is 16.2. The number of Topliss-reactive ketones (excluding diaryl/α,β-unsaturated/α-hetero) is 1. The summed E-state index contributed by atoms with van der Waals surface area (Å²) in [6, 6.07) is 13.0. The summed E-state index contributed by atoms with van der Waals surface area (Å²) in [5.41, 5.74) is 0.815. The highest BCUT2D eigenvalue weighted by molar-refractivity contribution is 7.17.